The Bertz CT molecular complexity index is 279. The van der Waals surface area contributed by atoms with Crippen molar-refractivity contribution in [2.24, 2.45) is 11.7 Å². The zero-order chi connectivity index (χ0) is 9.26. The zero-order valence-electron chi connectivity index (χ0n) is 8.09. The fourth-order valence-corrected chi connectivity index (χ4v) is 2.23. The van der Waals surface area contributed by atoms with Crippen LogP contribution in [0.2, 0.25) is 0 Å². The van der Waals surface area contributed by atoms with Gasteiger partial charge in [0.25, 0.3) is 0 Å². The molecule has 3 nitrogen and oxygen atoms in total. The number of H-pyrrole nitrogens is 1. The number of nitrogens with one attached hydrogen (secondary N) is 1. The Hall–Kier alpha value is -0.830. The molecule has 2 rings (SSSR count). The third kappa shape index (κ3) is 1.48. The molecule has 72 valence electrons. The molecule has 0 amide bonds. The summed E-state index contributed by atoms with van der Waals surface area (Å²) in [5.74, 6) is 1.18. The number of aromatic amines is 1. The molecule has 0 fully saturated rings. The first kappa shape index (κ1) is 8.75. The lowest BCUT2D eigenvalue weighted by molar-refractivity contribution is 0.405. The van der Waals surface area contributed by atoms with Gasteiger partial charge in [-0.05, 0) is 37.3 Å². The van der Waals surface area contributed by atoms with E-state index in [9.17, 15) is 0 Å². The standard InChI is InChI=1S/C10H17N3/c1-7(5-11)9-4-2-3-8-6-12-13-10(8)9/h6-7,9H,2-5,11H2,1H3,(H,12,13). The molecule has 3 N–H and O–H groups in total. The second-order valence-corrected chi connectivity index (χ2v) is 4.02. The van der Waals surface area contributed by atoms with Crippen molar-refractivity contribution < 1.29 is 0 Å². The number of nitrogens with two attached hydrogens (primary N) is 1. The summed E-state index contributed by atoms with van der Waals surface area (Å²) in [6, 6.07) is 0. The summed E-state index contributed by atoms with van der Waals surface area (Å²) in [5.41, 5.74) is 8.43. The van der Waals surface area contributed by atoms with Crippen molar-refractivity contribution in [3.63, 3.8) is 0 Å². The fraction of sp³-hybridized carbons (Fsp3) is 0.700. The Labute approximate surface area is 78.7 Å². The second-order valence-electron chi connectivity index (χ2n) is 4.02. The van der Waals surface area contributed by atoms with Gasteiger partial charge < -0.3 is 5.73 Å². The number of aromatic nitrogens is 2. The molecule has 0 radical (unpaired) electrons. The minimum atomic E-state index is 0.569. The first-order valence-corrected chi connectivity index (χ1v) is 5.05. The Morgan fingerprint density at radius 2 is 2.62 bits per heavy atom. The lowest BCUT2D eigenvalue weighted by atomic mass is 9.80. The molecule has 0 saturated carbocycles. The average Bonchev–Trinajstić information content (AvgIpc) is 2.63. The zero-order valence-corrected chi connectivity index (χ0v) is 8.09. The van der Waals surface area contributed by atoms with Crippen LogP contribution in [-0.4, -0.2) is 16.7 Å². The molecule has 0 saturated heterocycles. The lowest BCUT2D eigenvalue weighted by Gasteiger charge is -2.26. The second kappa shape index (κ2) is 3.50. The largest absolute Gasteiger partial charge is 0.330 e. The van der Waals surface area contributed by atoms with Gasteiger partial charge in [-0.3, -0.25) is 5.10 Å². The van der Waals surface area contributed by atoms with E-state index in [1.165, 1.54) is 30.5 Å². The van der Waals surface area contributed by atoms with Crippen LogP contribution in [0.15, 0.2) is 6.20 Å². The highest BCUT2D eigenvalue weighted by Gasteiger charge is 2.25. The van der Waals surface area contributed by atoms with E-state index in [0.29, 0.717) is 11.8 Å². The normalized spacial score (nSPS) is 24.0. The molecule has 0 aromatic carbocycles. The third-order valence-electron chi connectivity index (χ3n) is 3.14. The molecular weight excluding hydrogens is 162 g/mol. The molecule has 1 aliphatic carbocycles. The van der Waals surface area contributed by atoms with Crippen molar-refractivity contribution >= 4 is 0 Å². The van der Waals surface area contributed by atoms with E-state index >= 15 is 0 Å². The quantitative estimate of drug-likeness (QED) is 0.721. The molecule has 0 spiro atoms. The van der Waals surface area contributed by atoms with Gasteiger partial charge in [-0.25, -0.2) is 0 Å². The van der Waals surface area contributed by atoms with Crippen LogP contribution in [0.25, 0.3) is 0 Å². The molecule has 1 heterocycles. The summed E-state index contributed by atoms with van der Waals surface area (Å²) in [6.07, 6.45) is 5.68. The minimum Gasteiger partial charge on any atom is -0.330 e. The minimum absolute atomic E-state index is 0.569. The van der Waals surface area contributed by atoms with Crippen molar-refractivity contribution in [2.75, 3.05) is 6.54 Å². The fourth-order valence-electron chi connectivity index (χ4n) is 2.23. The predicted molar refractivity (Wildman–Crippen MR) is 52.5 cm³/mol. The van der Waals surface area contributed by atoms with E-state index < -0.39 is 0 Å². The molecule has 0 bridgehead atoms. The Balaban J connectivity index is 2.24. The van der Waals surface area contributed by atoms with Crippen LogP contribution in [0.5, 0.6) is 0 Å². The first-order chi connectivity index (χ1) is 6.33. The van der Waals surface area contributed by atoms with Crippen LogP contribution in [-0.2, 0) is 6.42 Å². The Morgan fingerprint density at radius 1 is 1.77 bits per heavy atom. The molecule has 1 aromatic rings. The average molecular weight is 179 g/mol. The summed E-state index contributed by atoms with van der Waals surface area (Å²) in [7, 11) is 0. The van der Waals surface area contributed by atoms with Crippen molar-refractivity contribution in [3.8, 4) is 0 Å². The number of hydrogen-bond donors (Lipinski definition) is 2. The van der Waals surface area contributed by atoms with Gasteiger partial charge in [-0.1, -0.05) is 6.92 Å². The molecule has 1 aromatic heterocycles. The summed E-state index contributed by atoms with van der Waals surface area (Å²) in [6.45, 7) is 2.99. The Kier molecular flexibility index (Phi) is 2.36. The molecular formula is C10H17N3. The van der Waals surface area contributed by atoms with E-state index in [2.05, 4.69) is 17.1 Å². The number of hydrogen-bond acceptors (Lipinski definition) is 2. The van der Waals surface area contributed by atoms with Gasteiger partial charge in [0, 0.05) is 11.6 Å². The maximum absolute atomic E-state index is 5.69. The SMILES string of the molecule is CC(CN)C1CCCc2cn[nH]c21. The summed E-state index contributed by atoms with van der Waals surface area (Å²) in [5, 5.41) is 7.22. The number of aryl methyl sites for hydroxylation is 1. The highest BCUT2D eigenvalue weighted by atomic mass is 15.1. The van der Waals surface area contributed by atoms with E-state index in [1.807, 2.05) is 6.20 Å². The van der Waals surface area contributed by atoms with Crippen molar-refractivity contribution in [3.05, 3.63) is 17.5 Å². The highest BCUT2D eigenvalue weighted by molar-refractivity contribution is 5.24. The maximum atomic E-state index is 5.69. The molecule has 0 aliphatic heterocycles. The van der Waals surface area contributed by atoms with Gasteiger partial charge in [-0.15, -0.1) is 0 Å². The van der Waals surface area contributed by atoms with E-state index in [0.717, 1.165) is 6.54 Å². The van der Waals surface area contributed by atoms with E-state index in [1.54, 1.807) is 0 Å². The first-order valence-electron chi connectivity index (χ1n) is 5.05. The molecule has 2 atom stereocenters. The molecule has 2 unspecified atom stereocenters. The number of nitrogens with zero attached hydrogens (tertiary/aromatic N) is 1. The maximum Gasteiger partial charge on any atom is 0.0522 e. The van der Waals surface area contributed by atoms with Gasteiger partial charge in [0.15, 0.2) is 0 Å². The lowest BCUT2D eigenvalue weighted by Crippen LogP contribution is -2.22. The van der Waals surface area contributed by atoms with Gasteiger partial charge in [0.1, 0.15) is 0 Å². The van der Waals surface area contributed by atoms with Gasteiger partial charge in [0.05, 0.1) is 6.20 Å². The van der Waals surface area contributed by atoms with Crippen LogP contribution < -0.4 is 5.73 Å². The van der Waals surface area contributed by atoms with Crippen LogP contribution >= 0.6 is 0 Å². The van der Waals surface area contributed by atoms with E-state index in [4.69, 9.17) is 5.73 Å². The summed E-state index contributed by atoms with van der Waals surface area (Å²) in [4.78, 5) is 0. The number of fused-ring (bicyclic) bond motifs is 1. The molecule has 3 heteroatoms. The van der Waals surface area contributed by atoms with E-state index in [-0.39, 0.29) is 0 Å². The summed E-state index contributed by atoms with van der Waals surface area (Å²) >= 11 is 0. The monoisotopic (exact) mass is 179 g/mol. The van der Waals surface area contributed by atoms with Crippen molar-refractivity contribution in [1.29, 1.82) is 0 Å². The summed E-state index contributed by atoms with van der Waals surface area (Å²) < 4.78 is 0. The van der Waals surface area contributed by atoms with Gasteiger partial charge >= 0.3 is 0 Å². The van der Waals surface area contributed by atoms with Crippen LogP contribution in [0.4, 0.5) is 0 Å². The van der Waals surface area contributed by atoms with Gasteiger partial charge in [-0.2, -0.15) is 5.10 Å². The van der Waals surface area contributed by atoms with Gasteiger partial charge in [0.2, 0.25) is 0 Å². The molecule has 1 aliphatic rings. The highest BCUT2D eigenvalue weighted by Crippen LogP contribution is 2.34. The third-order valence-corrected chi connectivity index (χ3v) is 3.14. The van der Waals surface area contributed by atoms with Crippen LogP contribution in [0, 0.1) is 5.92 Å². The number of rotatable bonds is 2. The van der Waals surface area contributed by atoms with Crippen molar-refractivity contribution in [2.45, 2.75) is 32.1 Å². The predicted octanol–water partition coefficient (Wildman–Crippen LogP) is 1.42. The molecule has 13 heavy (non-hydrogen) atoms. The smallest absolute Gasteiger partial charge is 0.0522 e. The Morgan fingerprint density at radius 3 is 3.38 bits per heavy atom. The van der Waals surface area contributed by atoms with Crippen LogP contribution in [0.1, 0.15) is 36.9 Å². The topological polar surface area (TPSA) is 54.7 Å². The van der Waals surface area contributed by atoms with Crippen LogP contribution in [0.3, 0.4) is 0 Å². The van der Waals surface area contributed by atoms with Crippen molar-refractivity contribution in [1.82, 2.24) is 10.2 Å².